The molecule has 4 rings (SSSR count). The molecule has 3 amide bonds. The van der Waals surface area contributed by atoms with Gasteiger partial charge in [0.15, 0.2) is 11.5 Å². The average Bonchev–Trinajstić information content (AvgIpc) is 3.28. The quantitative estimate of drug-likeness (QED) is 0.572. The van der Waals surface area contributed by atoms with Crippen molar-refractivity contribution in [1.29, 1.82) is 0 Å². The number of carbonyl (C=O) groups excluding carboxylic acids is 3. The van der Waals surface area contributed by atoms with Crippen molar-refractivity contribution in [3.63, 3.8) is 0 Å². The molecule has 9 heteroatoms. The first-order valence-electron chi connectivity index (χ1n) is 12.1. The predicted molar refractivity (Wildman–Crippen MR) is 133 cm³/mol. The van der Waals surface area contributed by atoms with Gasteiger partial charge in [0, 0.05) is 49.1 Å². The monoisotopic (exact) mass is 480 g/mol. The molecule has 2 aromatic rings. The van der Waals surface area contributed by atoms with Crippen LogP contribution in [0, 0.1) is 5.92 Å². The summed E-state index contributed by atoms with van der Waals surface area (Å²) in [6.07, 6.45) is 0.132. The minimum absolute atomic E-state index is 0.112. The van der Waals surface area contributed by atoms with Crippen LogP contribution >= 0.6 is 0 Å². The van der Waals surface area contributed by atoms with Gasteiger partial charge in [-0.05, 0) is 49.5 Å². The molecule has 35 heavy (non-hydrogen) atoms. The largest absolute Gasteiger partial charge is 0.486 e. The van der Waals surface area contributed by atoms with Gasteiger partial charge in [-0.1, -0.05) is 13.8 Å². The van der Waals surface area contributed by atoms with E-state index in [1.54, 1.807) is 47.4 Å². The molecular formula is C26H32N4O5. The Hall–Kier alpha value is -3.59. The molecule has 0 aromatic heterocycles. The topological polar surface area (TPSA) is 100 Å². The lowest BCUT2D eigenvalue weighted by Gasteiger charge is -2.22. The van der Waals surface area contributed by atoms with Gasteiger partial charge in [-0.15, -0.1) is 0 Å². The van der Waals surface area contributed by atoms with Crippen LogP contribution in [0.25, 0.3) is 0 Å². The van der Waals surface area contributed by atoms with Crippen molar-refractivity contribution in [1.82, 2.24) is 10.2 Å². The van der Waals surface area contributed by atoms with Crippen LogP contribution in [0.15, 0.2) is 42.5 Å². The molecule has 2 heterocycles. The van der Waals surface area contributed by atoms with E-state index in [1.165, 1.54) is 0 Å². The summed E-state index contributed by atoms with van der Waals surface area (Å²) in [6.45, 7) is 8.71. The number of ether oxygens (including phenoxy) is 2. The molecule has 9 nitrogen and oxygen atoms in total. The minimum Gasteiger partial charge on any atom is -0.486 e. The van der Waals surface area contributed by atoms with E-state index in [4.69, 9.17) is 9.47 Å². The van der Waals surface area contributed by atoms with Crippen LogP contribution in [0.1, 0.15) is 30.6 Å². The van der Waals surface area contributed by atoms with Crippen molar-refractivity contribution in [2.75, 3.05) is 56.2 Å². The summed E-state index contributed by atoms with van der Waals surface area (Å²) in [5.74, 6) is 0.298. The van der Waals surface area contributed by atoms with Gasteiger partial charge in [0.25, 0.3) is 5.91 Å². The van der Waals surface area contributed by atoms with Crippen LogP contribution < -0.4 is 25.0 Å². The molecule has 2 aromatic carbocycles. The maximum absolute atomic E-state index is 12.8. The molecule has 0 saturated carbocycles. The van der Waals surface area contributed by atoms with E-state index in [0.717, 1.165) is 19.6 Å². The summed E-state index contributed by atoms with van der Waals surface area (Å²) in [5.41, 5.74) is 1.80. The molecule has 0 unspecified atom stereocenters. The predicted octanol–water partition coefficient (Wildman–Crippen LogP) is 2.52. The molecule has 2 aliphatic heterocycles. The zero-order chi connectivity index (χ0) is 24.8. The fraction of sp³-hybridized carbons (Fsp3) is 0.423. The van der Waals surface area contributed by atoms with Gasteiger partial charge in [-0.25, -0.2) is 0 Å². The Balaban J connectivity index is 1.30. The molecular weight excluding hydrogens is 448 g/mol. The molecule has 186 valence electrons. The molecule has 2 aliphatic rings. The fourth-order valence-electron chi connectivity index (χ4n) is 4.25. The first kappa shape index (κ1) is 24.5. The standard InChI is InChI=1S/C26H32N4O5/c1-3-29(4-2)12-11-27-25(32)18-5-7-20(8-6-18)28-26(33)19-15-24(31)30(17-19)21-9-10-22-23(16-21)35-14-13-34-22/h5-10,16,19H,3-4,11-15,17H2,1-2H3,(H,27,32)(H,28,33)/t19-/m1/s1. The Labute approximate surface area is 205 Å². The van der Waals surface area contributed by atoms with Crippen LogP contribution in [0.2, 0.25) is 0 Å². The zero-order valence-corrected chi connectivity index (χ0v) is 20.2. The second kappa shape index (κ2) is 11.2. The first-order valence-corrected chi connectivity index (χ1v) is 12.1. The molecule has 0 spiro atoms. The van der Waals surface area contributed by atoms with Gasteiger partial charge in [-0.2, -0.15) is 0 Å². The van der Waals surface area contributed by atoms with Crippen LogP contribution in [0.5, 0.6) is 11.5 Å². The summed E-state index contributed by atoms with van der Waals surface area (Å²) in [5, 5.41) is 5.78. The second-order valence-corrected chi connectivity index (χ2v) is 8.58. The third-order valence-electron chi connectivity index (χ3n) is 6.36. The van der Waals surface area contributed by atoms with Crippen molar-refractivity contribution in [2.24, 2.45) is 5.92 Å². The van der Waals surface area contributed by atoms with Gasteiger partial charge in [0.1, 0.15) is 13.2 Å². The Morgan fingerprint density at radius 2 is 1.74 bits per heavy atom. The maximum atomic E-state index is 12.8. The van der Waals surface area contributed by atoms with Gasteiger partial charge >= 0.3 is 0 Å². The van der Waals surface area contributed by atoms with E-state index in [0.29, 0.717) is 48.2 Å². The summed E-state index contributed by atoms with van der Waals surface area (Å²) >= 11 is 0. The van der Waals surface area contributed by atoms with Crippen LogP contribution in [-0.4, -0.2) is 68.6 Å². The number of nitrogens with zero attached hydrogens (tertiary/aromatic N) is 2. The van der Waals surface area contributed by atoms with E-state index < -0.39 is 5.92 Å². The molecule has 1 fully saturated rings. The summed E-state index contributed by atoms with van der Waals surface area (Å²) in [4.78, 5) is 41.7. The number of benzene rings is 2. The number of nitrogens with one attached hydrogen (secondary N) is 2. The van der Waals surface area contributed by atoms with Crippen molar-refractivity contribution in [2.45, 2.75) is 20.3 Å². The molecule has 2 N–H and O–H groups in total. The lowest BCUT2D eigenvalue weighted by Crippen LogP contribution is -2.34. The maximum Gasteiger partial charge on any atom is 0.251 e. The number of hydrogen-bond donors (Lipinski definition) is 2. The number of carbonyl (C=O) groups is 3. The fourth-order valence-corrected chi connectivity index (χ4v) is 4.25. The number of amides is 3. The van der Waals surface area contributed by atoms with Crippen LogP contribution in [0.4, 0.5) is 11.4 Å². The van der Waals surface area contributed by atoms with Crippen molar-refractivity contribution >= 4 is 29.1 Å². The van der Waals surface area contributed by atoms with Crippen molar-refractivity contribution in [3.05, 3.63) is 48.0 Å². The van der Waals surface area contributed by atoms with Crippen molar-refractivity contribution < 1.29 is 23.9 Å². The molecule has 0 bridgehead atoms. The van der Waals surface area contributed by atoms with Gasteiger partial charge < -0.3 is 29.9 Å². The zero-order valence-electron chi connectivity index (χ0n) is 20.2. The number of likely N-dealkylation sites (N-methyl/N-ethyl adjacent to an activating group) is 1. The minimum atomic E-state index is -0.473. The lowest BCUT2D eigenvalue weighted by atomic mass is 10.1. The SMILES string of the molecule is CCN(CC)CCNC(=O)c1ccc(NC(=O)[C@@H]2CC(=O)N(c3ccc4c(c3)OCCO4)C2)cc1. The van der Waals surface area contributed by atoms with E-state index >= 15 is 0 Å². The highest BCUT2D eigenvalue weighted by molar-refractivity contribution is 6.04. The van der Waals surface area contributed by atoms with Gasteiger partial charge in [-0.3, -0.25) is 14.4 Å². The Bertz CT molecular complexity index is 1070. The smallest absolute Gasteiger partial charge is 0.251 e. The Morgan fingerprint density at radius 1 is 1.03 bits per heavy atom. The Morgan fingerprint density at radius 3 is 2.46 bits per heavy atom. The number of fused-ring (bicyclic) bond motifs is 1. The van der Waals surface area contributed by atoms with E-state index in [2.05, 4.69) is 29.4 Å². The van der Waals surface area contributed by atoms with Gasteiger partial charge in [0.05, 0.1) is 5.92 Å². The molecule has 0 aliphatic carbocycles. The van der Waals surface area contributed by atoms with Gasteiger partial charge in [0.2, 0.25) is 11.8 Å². The normalized spacial score (nSPS) is 16.9. The average molecular weight is 481 g/mol. The van der Waals surface area contributed by atoms with E-state index in [9.17, 15) is 14.4 Å². The number of rotatable bonds is 9. The number of anilines is 2. The second-order valence-electron chi connectivity index (χ2n) is 8.58. The third-order valence-corrected chi connectivity index (χ3v) is 6.36. The van der Waals surface area contributed by atoms with Crippen LogP contribution in [-0.2, 0) is 9.59 Å². The van der Waals surface area contributed by atoms with Crippen molar-refractivity contribution in [3.8, 4) is 11.5 Å². The summed E-state index contributed by atoms with van der Waals surface area (Å²) in [6, 6.07) is 12.1. The van der Waals surface area contributed by atoms with Crippen LogP contribution in [0.3, 0.4) is 0 Å². The molecule has 0 radical (unpaired) electrons. The van der Waals surface area contributed by atoms with E-state index in [1.807, 2.05) is 0 Å². The Kier molecular flexibility index (Phi) is 7.87. The third kappa shape index (κ3) is 5.92. The number of hydrogen-bond acceptors (Lipinski definition) is 6. The summed E-state index contributed by atoms with van der Waals surface area (Å²) < 4.78 is 11.1. The highest BCUT2D eigenvalue weighted by Crippen LogP contribution is 2.36. The summed E-state index contributed by atoms with van der Waals surface area (Å²) in [7, 11) is 0. The molecule has 1 saturated heterocycles. The lowest BCUT2D eigenvalue weighted by molar-refractivity contribution is -0.122. The van der Waals surface area contributed by atoms with E-state index in [-0.39, 0.29) is 30.7 Å². The molecule has 1 atom stereocenters. The highest BCUT2D eigenvalue weighted by Gasteiger charge is 2.35. The highest BCUT2D eigenvalue weighted by atomic mass is 16.6. The first-order chi connectivity index (χ1) is 17.0.